The lowest BCUT2D eigenvalue weighted by Gasteiger charge is -2.16. The van der Waals surface area contributed by atoms with E-state index in [0.717, 1.165) is 5.56 Å². The molecule has 2 rings (SSSR count). The summed E-state index contributed by atoms with van der Waals surface area (Å²) in [5, 5.41) is 1.03. The van der Waals surface area contributed by atoms with Gasteiger partial charge in [-0.2, -0.15) is 0 Å². The molecule has 1 aromatic heterocycles. The summed E-state index contributed by atoms with van der Waals surface area (Å²) < 4.78 is 0. The number of carbonyl (C=O) groups excluding carboxylic acids is 1. The monoisotopic (exact) mass is 305 g/mol. The van der Waals surface area contributed by atoms with Crippen molar-refractivity contribution in [3.8, 4) is 0 Å². The molecule has 4 heteroatoms. The van der Waals surface area contributed by atoms with Gasteiger partial charge < -0.3 is 0 Å². The minimum absolute atomic E-state index is 0.0257. The number of carbonyl (C=O) groups is 1. The summed E-state index contributed by atoms with van der Waals surface area (Å²) in [6.45, 7) is 3.71. The Labute approximate surface area is 128 Å². The second-order valence-electron chi connectivity index (χ2n) is 4.35. The van der Waals surface area contributed by atoms with Crippen molar-refractivity contribution >= 4 is 29.0 Å². The molecule has 2 aromatic rings. The van der Waals surface area contributed by atoms with E-state index in [1.54, 1.807) is 48.8 Å². The minimum atomic E-state index is -0.374. The molecule has 0 aliphatic carbocycles. The zero-order chi connectivity index (χ0) is 14.5. The van der Waals surface area contributed by atoms with Gasteiger partial charge in [-0.15, -0.1) is 6.58 Å². The molecule has 0 fully saturated rings. The van der Waals surface area contributed by atoms with Gasteiger partial charge in [0.15, 0.2) is 5.78 Å². The zero-order valence-corrected chi connectivity index (χ0v) is 12.2. The molecule has 0 spiro atoms. The third-order valence-electron chi connectivity index (χ3n) is 3.00. The first kappa shape index (κ1) is 14.8. The van der Waals surface area contributed by atoms with Crippen LogP contribution >= 0.6 is 23.2 Å². The van der Waals surface area contributed by atoms with Crippen LogP contribution in [0.1, 0.15) is 28.3 Å². The first-order chi connectivity index (χ1) is 9.63. The molecule has 1 unspecified atom stereocenters. The van der Waals surface area contributed by atoms with Crippen LogP contribution in [-0.2, 0) is 0 Å². The Hall–Kier alpha value is -1.64. The normalized spacial score (nSPS) is 11.9. The third-order valence-corrected chi connectivity index (χ3v) is 3.57. The predicted octanol–water partition coefficient (Wildman–Crippen LogP) is 4.93. The summed E-state index contributed by atoms with van der Waals surface area (Å²) in [4.78, 5) is 16.6. The van der Waals surface area contributed by atoms with Gasteiger partial charge in [-0.25, -0.2) is 0 Å². The van der Waals surface area contributed by atoms with Crippen LogP contribution < -0.4 is 0 Å². The van der Waals surface area contributed by atoms with Gasteiger partial charge in [-0.05, 0) is 36.2 Å². The molecule has 0 bridgehead atoms. The van der Waals surface area contributed by atoms with Gasteiger partial charge >= 0.3 is 0 Å². The van der Waals surface area contributed by atoms with Crippen LogP contribution in [0.2, 0.25) is 10.0 Å². The lowest BCUT2D eigenvalue weighted by molar-refractivity contribution is 0.0959. The van der Waals surface area contributed by atoms with Crippen LogP contribution in [0.3, 0.4) is 0 Å². The lowest BCUT2D eigenvalue weighted by Crippen LogP contribution is -2.13. The molecule has 0 saturated carbocycles. The largest absolute Gasteiger partial charge is 0.293 e. The van der Waals surface area contributed by atoms with E-state index < -0.39 is 0 Å². The Bertz CT molecular complexity index is 626. The third kappa shape index (κ3) is 3.27. The molecule has 0 N–H and O–H groups in total. The molecule has 0 saturated heterocycles. The van der Waals surface area contributed by atoms with Crippen LogP contribution in [0, 0.1) is 0 Å². The fourth-order valence-corrected chi connectivity index (χ4v) is 2.58. The highest BCUT2D eigenvalue weighted by Gasteiger charge is 2.23. The number of benzene rings is 1. The minimum Gasteiger partial charge on any atom is -0.293 e. The number of halogens is 2. The number of aromatic nitrogens is 1. The van der Waals surface area contributed by atoms with E-state index in [4.69, 9.17) is 23.2 Å². The van der Waals surface area contributed by atoms with Crippen LogP contribution in [0.4, 0.5) is 0 Å². The van der Waals surface area contributed by atoms with E-state index in [1.807, 2.05) is 0 Å². The molecule has 0 aliphatic rings. The number of Topliss-reactive ketones (excluding diaryl/α,β-unsaturated/α-hetero) is 1. The lowest BCUT2D eigenvalue weighted by atomic mass is 9.88. The zero-order valence-electron chi connectivity index (χ0n) is 10.7. The Morgan fingerprint density at radius 2 is 2.15 bits per heavy atom. The SMILES string of the molecule is C=CCC(C(=O)c1cccnc1)c1ccc(Cl)cc1Cl. The van der Waals surface area contributed by atoms with E-state index in [1.165, 1.54) is 0 Å². The second kappa shape index (κ2) is 6.69. The average Bonchev–Trinajstić information content (AvgIpc) is 2.46. The van der Waals surface area contributed by atoms with Gasteiger partial charge in [0.25, 0.3) is 0 Å². The fourth-order valence-electron chi connectivity index (χ4n) is 2.04. The van der Waals surface area contributed by atoms with Gasteiger partial charge in [0.05, 0.1) is 5.92 Å². The molecule has 102 valence electrons. The van der Waals surface area contributed by atoms with Crippen molar-refractivity contribution in [3.05, 3.63) is 76.6 Å². The van der Waals surface area contributed by atoms with Gasteiger partial charge in [0.1, 0.15) is 0 Å². The summed E-state index contributed by atoms with van der Waals surface area (Å²) in [6.07, 6.45) is 5.41. The van der Waals surface area contributed by atoms with Gasteiger partial charge in [0, 0.05) is 28.0 Å². The molecular formula is C16H13Cl2NO. The van der Waals surface area contributed by atoms with Crippen molar-refractivity contribution in [2.45, 2.75) is 12.3 Å². The number of nitrogens with zero attached hydrogens (tertiary/aromatic N) is 1. The quantitative estimate of drug-likeness (QED) is 0.579. The van der Waals surface area contributed by atoms with Crippen molar-refractivity contribution in [2.75, 3.05) is 0 Å². The van der Waals surface area contributed by atoms with Crippen LogP contribution in [0.15, 0.2) is 55.4 Å². The van der Waals surface area contributed by atoms with Gasteiger partial charge in [-0.3, -0.25) is 9.78 Å². The molecule has 0 amide bonds. The van der Waals surface area contributed by atoms with E-state index >= 15 is 0 Å². The maximum absolute atomic E-state index is 12.6. The molecule has 1 aromatic carbocycles. The highest BCUT2D eigenvalue weighted by atomic mass is 35.5. The fraction of sp³-hybridized carbons (Fsp3) is 0.125. The highest BCUT2D eigenvalue weighted by molar-refractivity contribution is 6.35. The first-order valence-electron chi connectivity index (χ1n) is 6.13. The number of hydrogen-bond acceptors (Lipinski definition) is 2. The van der Waals surface area contributed by atoms with Crippen molar-refractivity contribution in [1.29, 1.82) is 0 Å². The van der Waals surface area contributed by atoms with E-state index in [2.05, 4.69) is 11.6 Å². The Balaban J connectivity index is 2.41. The standard InChI is InChI=1S/C16H13Cl2NO/c1-2-4-14(13-7-6-12(17)9-15(13)18)16(20)11-5-3-8-19-10-11/h2-3,5-10,14H,1,4H2. The average molecular weight is 306 g/mol. The smallest absolute Gasteiger partial charge is 0.172 e. The summed E-state index contributed by atoms with van der Waals surface area (Å²) >= 11 is 12.1. The molecular weight excluding hydrogens is 293 g/mol. The van der Waals surface area contributed by atoms with Crippen LogP contribution in [0.5, 0.6) is 0 Å². The predicted molar refractivity (Wildman–Crippen MR) is 82.6 cm³/mol. The van der Waals surface area contributed by atoms with Crippen LogP contribution in [0.25, 0.3) is 0 Å². The molecule has 0 aliphatic heterocycles. The van der Waals surface area contributed by atoms with Crippen molar-refractivity contribution in [2.24, 2.45) is 0 Å². The number of hydrogen-bond donors (Lipinski definition) is 0. The van der Waals surface area contributed by atoms with Crippen molar-refractivity contribution in [1.82, 2.24) is 4.98 Å². The van der Waals surface area contributed by atoms with Gasteiger partial charge in [0.2, 0.25) is 0 Å². The second-order valence-corrected chi connectivity index (χ2v) is 5.19. The molecule has 1 atom stereocenters. The number of allylic oxidation sites excluding steroid dienone is 1. The summed E-state index contributed by atoms with van der Waals surface area (Å²) in [7, 11) is 0. The summed E-state index contributed by atoms with van der Waals surface area (Å²) in [6, 6.07) is 8.64. The number of pyridine rings is 1. The van der Waals surface area contributed by atoms with E-state index in [-0.39, 0.29) is 11.7 Å². The highest BCUT2D eigenvalue weighted by Crippen LogP contribution is 2.32. The Kier molecular flexibility index (Phi) is 4.94. The number of ketones is 1. The topological polar surface area (TPSA) is 30.0 Å². The Morgan fingerprint density at radius 3 is 2.75 bits per heavy atom. The van der Waals surface area contributed by atoms with Gasteiger partial charge in [-0.1, -0.05) is 35.3 Å². The molecule has 1 heterocycles. The maximum Gasteiger partial charge on any atom is 0.172 e. The number of rotatable bonds is 5. The van der Waals surface area contributed by atoms with Crippen LogP contribution in [-0.4, -0.2) is 10.8 Å². The molecule has 2 nitrogen and oxygen atoms in total. The maximum atomic E-state index is 12.6. The summed E-state index contributed by atoms with van der Waals surface area (Å²) in [5.74, 6) is -0.399. The molecule has 20 heavy (non-hydrogen) atoms. The van der Waals surface area contributed by atoms with Crippen molar-refractivity contribution in [3.63, 3.8) is 0 Å². The van der Waals surface area contributed by atoms with Crippen molar-refractivity contribution < 1.29 is 4.79 Å². The van der Waals surface area contributed by atoms with E-state index in [9.17, 15) is 4.79 Å². The molecule has 0 radical (unpaired) electrons. The summed E-state index contributed by atoms with van der Waals surface area (Å²) in [5.41, 5.74) is 1.31. The Morgan fingerprint density at radius 1 is 1.35 bits per heavy atom. The van der Waals surface area contributed by atoms with E-state index in [0.29, 0.717) is 22.0 Å². The first-order valence-corrected chi connectivity index (χ1v) is 6.89.